The Labute approximate surface area is 133 Å². The molecule has 120 valence electrons. The molecule has 1 nitrogen and oxygen atoms in total. The summed E-state index contributed by atoms with van der Waals surface area (Å²) < 4.78 is 6.69. The minimum atomic E-state index is -1.83. The van der Waals surface area contributed by atoms with Gasteiger partial charge in [0.25, 0.3) is 8.32 Å². The highest BCUT2D eigenvalue weighted by Crippen LogP contribution is 2.42. The van der Waals surface area contributed by atoms with Crippen molar-refractivity contribution in [2.75, 3.05) is 0 Å². The standard InChI is InChI=1S/C19H34OSi/c1-14(2)21(15(3)4,16(5)6)20-18-12-10-17(11-13-18)19(7,8)9/h10-16H,1-9H3. The monoisotopic (exact) mass is 306 g/mol. The van der Waals surface area contributed by atoms with Gasteiger partial charge in [-0.2, -0.15) is 0 Å². The summed E-state index contributed by atoms with van der Waals surface area (Å²) in [5.74, 6) is 1.05. The van der Waals surface area contributed by atoms with Crippen LogP contribution < -0.4 is 4.43 Å². The van der Waals surface area contributed by atoms with Gasteiger partial charge in [-0.15, -0.1) is 0 Å². The van der Waals surface area contributed by atoms with Crippen LogP contribution in [-0.4, -0.2) is 8.32 Å². The largest absolute Gasteiger partial charge is 0.543 e. The molecule has 0 fully saturated rings. The van der Waals surface area contributed by atoms with E-state index in [1.807, 2.05) is 0 Å². The molecule has 0 bridgehead atoms. The van der Waals surface area contributed by atoms with Crippen molar-refractivity contribution in [2.45, 2.75) is 84.4 Å². The van der Waals surface area contributed by atoms with Gasteiger partial charge in [0, 0.05) is 0 Å². The zero-order valence-electron chi connectivity index (χ0n) is 15.4. The molecule has 0 unspecified atom stereocenters. The minimum absolute atomic E-state index is 0.196. The first-order valence-electron chi connectivity index (χ1n) is 8.31. The first-order valence-corrected chi connectivity index (χ1v) is 10.5. The Bertz CT molecular complexity index is 416. The van der Waals surface area contributed by atoms with Gasteiger partial charge in [0.15, 0.2) is 0 Å². The van der Waals surface area contributed by atoms with Crippen molar-refractivity contribution in [3.05, 3.63) is 29.8 Å². The fourth-order valence-corrected chi connectivity index (χ4v) is 8.83. The first kappa shape index (κ1) is 18.3. The Balaban J connectivity index is 3.10. The topological polar surface area (TPSA) is 9.23 Å². The normalized spacial score (nSPS) is 13.3. The number of hydrogen-bond donors (Lipinski definition) is 0. The molecule has 1 aromatic rings. The molecule has 0 amide bonds. The second-order valence-electron chi connectivity index (χ2n) is 8.19. The summed E-state index contributed by atoms with van der Waals surface area (Å²) in [7, 11) is -1.83. The van der Waals surface area contributed by atoms with Crippen LogP contribution in [0.5, 0.6) is 5.75 Å². The summed E-state index contributed by atoms with van der Waals surface area (Å²) in [5.41, 5.74) is 3.39. The molecule has 0 heterocycles. The third kappa shape index (κ3) is 3.91. The van der Waals surface area contributed by atoms with Gasteiger partial charge in [-0.25, -0.2) is 0 Å². The predicted octanol–water partition coefficient (Wildman–Crippen LogP) is 6.54. The van der Waals surface area contributed by atoms with Gasteiger partial charge in [-0.1, -0.05) is 74.4 Å². The summed E-state index contributed by atoms with van der Waals surface area (Å²) in [5, 5.41) is 0. The van der Waals surface area contributed by atoms with E-state index in [2.05, 4.69) is 86.6 Å². The second kappa shape index (κ2) is 6.56. The molecule has 0 saturated carbocycles. The van der Waals surface area contributed by atoms with Crippen LogP contribution in [0.4, 0.5) is 0 Å². The number of benzene rings is 1. The van der Waals surface area contributed by atoms with Crippen LogP contribution >= 0.6 is 0 Å². The Hall–Kier alpha value is -0.763. The van der Waals surface area contributed by atoms with E-state index in [0.29, 0.717) is 16.6 Å². The van der Waals surface area contributed by atoms with Gasteiger partial charge < -0.3 is 4.43 Å². The maximum absolute atomic E-state index is 6.69. The third-order valence-electron chi connectivity index (χ3n) is 4.72. The van der Waals surface area contributed by atoms with E-state index in [0.717, 1.165) is 5.75 Å². The van der Waals surface area contributed by atoms with Crippen LogP contribution in [0.25, 0.3) is 0 Å². The van der Waals surface area contributed by atoms with Gasteiger partial charge in [-0.05, 0) is 39.7 Å². The van der Waals surface area contributed by atoms with Crippen molar-refractivity contribution in [2.24, 2.45) is 0 Å². The molecule has 0 spiro atoms. The van der Waals surface area contributed by atoms with Crippen molar-refractivity contribution in [1.29, 1.82) is 0 Å². The van der Waals surface area contributed by atoms with Crippen LogP contribution in [0.3, 0.4) is 0 Å². The lowest BCUT2D eigenvalue weighted by Gasteiger charge is -2.42. The van der Waals surface area contributed by atoms with Crippen LogP contribution in [0.2, 0.25) is 16.6 Å². The van der Waals surface area contributed by atoms with Crippen molar-refractivity contribution >= 4 is 8.32 Å². The van der Waals surface area contributed by atoms with E-state index in [-0.39, 0.29) is 5.41 Å². The summed E-state index contributed by atoms with van der Waals surface area (Å²) >= 11 is 0. The second-order valence-corrected chi connectivity index (χ2v) is 13.6. The first-order chi connectivity index (χ1) is 9.51. The van der Waals surface area contributed by atoms with Gasteiger partial charge in [-0.3, -0.25) is 0 Å². The van der Waals surface area contributed by atoms with Gasteiger partial charge in [0.1, 0.15) is 5.75 Å². The van der Waals surface area contributed by atoms with Crippen LogP contribution in [0.15, 0.2) is 24.3 Å². The molecule has 1 rings (SSSR count). The van der Waals surface area contributed by atoms with Crippen molar-refractivity contribution in [3.63, 3.8) is 0 Å². The van der Waals surface area contributed by atoms with E-state index in [4.69, 9.17) is 4.43 Å². The number of hydrogen-bond acceptors (Lipinski definition) is 1. The molecule has 0 N–H and O–H groups in total. The molecular weight excluding hydrogens is 272 g/mol. The van der Waals surface area contributed by atoms with Crippen LogP contribution in [0.1, 0.15) is 67.9 Å². The molecule has 21 heavy (non-hydrogen) atoms. The highest BCUT2D eigenvalue weighted by molar-refractivity contribution is 6.78. The zero-order valence-corrected chi connectivity index (χ0v) is 16.4. The number of rotatable bonds is 5. The SMILES string of the molecule is CC(C)[Si](Oc1ccc(C(C)(C)C)cc1)(C(C)C)C(C)C. The van der Waals surface area contributed by atoms with Crippen molar-refractivity contribution in [1.82, 2.24) is 0 Å². The van der Waals surface area contributed by atoms with E-state index < -0.39 is 8.32 Å². The fraction of sp³-hybridized carbons (Fsp3) is 0.684. The summed E-state index contributed by atoms with van der Waals surface area (Å²) in [6.45, 7) is 20.7. The summed E-state index contributed by atoms with van der Waals surface area (Å²) in [4.78, 5) is 0. The van der Waals surface area contributed by atoms with Gasteiger partial charge in [0.05, 0.1) is 0 Å². The zero-order chi connectivity index (χ0) is 16.4. The highest BCUT2D eigenvalue weighted by atomic mass is 28.4. The van der Waals surface area contributed by atoms with Crippen molar-refractivity contribution < 1.29 is 4.43 Å². The summed E-state index contributed by atoms with van der Waals surface area (Å²) in [6, 6.07) is 8.76. The Kier molecular flexibility index (Phi) is 5.71. The van der Waals surface area contributed by atoms with E-state index in [1.165, 1.54) is 5.56 Å². The highest BCUT2D eigenvalue weighted by Gasteiger charge is 2.46. The molecule has 1 aromatic carbocycles. The minimum Gasteiger partial charge on any atom is -0.543 e. The smallest absolute Gasteiger partial charge is 0.258 e. The average molecular weight is 307 g/mol. The molecule has 0 radical (unpaired) electrons. The van der Waals surface area contributed by atoms with E-state index in [1.54, 1.807) is 0 Å². The van der Waals surface area contributed by atoms with Crippen molar-refractivity contribution in [3.8, 4) is 5.75 Å². The van der Waals surface area contributed by atoms with Gasteiger partial charge in [0.2, 0.25) is 0 Å². The van der Waals surface area contributed by atoms with Gasteiger partial charge >= 0.3 is 0 Å². The third-order valence-corrected chi connectivity index (χ3v) is 10.7. The van der Waals surface area contributed by atoms with Crippen LogP contribution in [-0.2, 0) is 5.41 Å². The Morgan fingerprint density at radius 1 is 0.762 bits per heavy atom. The molecule has 0 aliphatic rings. The van der Waals surface area contributed by atoms with E-state index in [9.17, 15) is 0 Å². The average Bonchev–Trinajstić information content (AvgIpc) is 2.34. The van der Waals surface area contributed by atoms with Crippen LogP contribution in [0, 0.1) is 0 Å². The lowest BCUT2D eigenvalue weighted by atomic mass is 9.87. The molecule has 0 aliphatic heterocycles. The molecule has 0 saturated heterocycles. The Morgan fingerprint density at radius 2 is 1.14 bits per heavy atom. The maximum Gasteiger partial charge on any atom is 0.258 e. The predicted molar refractivity (Wildman–Crippen MR) is 96.8 cm³/mol. The molecule has 0 aromatic heterocycles. The summed E-state index contributed by atoms with van der Waals surface area (Å²) in [6.07, 6.45) is 0. The molecule has 0 atom stereocenters. The lowest BCUT2D eigenvalue weighted by molar-refractivity contribution is 0.479. The molecular formula is C19H34OSi. The quantitative estimate of drug-likeness (QED) is 0.561. The maximum atomic E-state index is 6.69. The Morgan fingerprint density at radius 3 is 1.43 bits per heavy atom. The fourth-order valence-electron chi connectivity index (χ4n) is 3.58. The molecule has 2 heteroatoms. The lowest BCUT2D eigenvalue weighted by Crippen LogP contribution is -2.50. The molecule has 0 aliphatic carbocycles. The van der Waals surface area contributed by atoms with E-state index >= 15 is 0 Å².